The van der Waals surface area contributed by atoms with Crippen molar-refractivity contribution < 1.29 is 18.3 Å². The third-order valence-electron chi connectivity index (χ3n) is 3.18. The highest BCUT2D eigenvalue weighted by Gasteiger charge is 2.28. The first-order chi connectivity index (χ1) is 9.44. The van der Waals surface area contributed by atoms with E-state index in [4.69, 9.17) is 0 Å². The van der Waals surface area contributed by atoms with Gasteiger partial charge in [-0.2, -0.15) is 0 Å². The summed E-state index contributed by atoms with van der Waals surface area (Å²) < 4.78 is 22.5. The van der Waals surface area contributed by atoms with Gasteiger partial charge in [-0.05, 0) is 30.5 Å². The molecule has 110 valence electrons. The van der Waals surface area contributed by atoms with Gasteiger partial charge in [-0.25, -0.2) is 13.2 Å². The van der Waals surface area contributed by atoms with Gasteiger partial charge >= 0.3 is 6.03 Å². The quantitative estimate of drug-likeness (QED) is 0.751. The Hall–Kier alpha value is -1.76. The predicted octanol–water partition coefficient (Wildman–Crippen LogP) is 0.421. The Morgan fingerprint density at radius 1 is 1.40 bits per heavy atom. The Morgan fingerprint density at radius 2 is 2.20 bits per heavy atom. The fourth-order valence-corrected chi connectivity index (χ4v) is 3.85. The van der Waals surface area contributed by atoms with Crippen LogP contribution in [0.5, 0.6) is 5.75 Å². The highest BCUT2D eigenvalue weighted by molar-refractivity contribution is 7.91. The van der Waals surface area contributed by atoms with Gasteiger partial charge in [0.25, 0.3) is 0 Å². The average Bonchev–Trinajstić information content (AvgIpc) is 2.68. The molecule has 0 spiro atoms. The lowest BCUT2D eigenvalue weighted by Crippen LogP contribution is -2.43. The van der Waals surface area contributed by atoms with Crippen molar-refractivity contribution in [2.75, 3.05) is 18.1 Å². The molecule has 1 heterocycles. The van der Waals surface area contributed by atoms with Crippen LogP contribution in [0.1, 0.15) is 12.0 Å². The summed E-state index contributed by atoms with van der Waals surface area (Å²) in [5.41, 5.74) is 0.925. The van der Waals surface area contributed by atoms with Crippen LogP contribution < -0.4 is 10.6 Å². The highest BCUT2D eigenvalue weighted by atomic mass is 32.2. The second-order valence-electron chi connectivity index (χ2n) is 4.92. The standard InChI is InChI=1S/C13H18N2O4S/c16-12-3-1-2-10(8-12)4-6-14-13(17)15-11-5-7-20(18,19)9-11/h1-3,8,11,16H,4-7,9H2,(H2,14,15,17). The number of carbonyl (C=O) groups is 1. The Balaban J connectivity index is 1.71. The normalized spacial score (nSPS) is 20.5. The summed E-state index contributed by atoms with van der Waals surface area (Å²) >= 11 is 0. The molecular weight excluding hydrogens is 280 g/mol. The lowest BCUT2D eigenvalue weighted by Gasteiger charge is -2.12. The SMILES string of the molecule is O=C(NCCc1cccc(O)c1)NC1CCS(=O)(=O)C1. The van der Waals surface area contributed by atoms with E-state index in [1.807, 2.05) is 6.07 Å². The molecule has 0 aliphatic carbocycles. The van der Waals surface area contributed by atoms with Crippen LogP contribution in [0.2, 0.25) is 0 Å². The third-order valence-corrected chi connectivity index (χ3v) is 4.95. The van der Waals surface area contributed by atoms with Gasteiger partial charge in [0.05, 0.1) is 11.5 Å². The number of benzene rings is 1. The smallest absolute Gasteiger partial charge is 0.315 e. The number of phenols is 1. The van der Waals surface area contributed by atoms with Crippen LogP contribution in [0.25, 0.3) is 0 Å². The Kier molecular flexibility index (Phi) is 4.49. The number of urea groups is 1. The Morgan fingerprint density at radius 3 is 2.85 bits per heavy atom. The highest BCUT2D eigenvalue weighted by Crippen LogP contribution is 2.11. The first-order valence-electron chi connectivity index (χ1n) is 6.47. The summed E-state index contributed by atoms with van der Waals surface area (Å²) in [6.07, 6.45) is 1.08. The maximum absolute atomic E-state index is 11.6. The number of rotatable bonds is 4. The van der Waals surface area contributed by atoms with Gasteiger partial charge in [-0.3, -0.25) is 0 Å². The number of hydrogen-bond acceptors (Lipinski definition) is 4. The zero-order valence-corrected chi connectivity index (χ0v) is 11.8. The lowest BCUT2D eigenvalue weighted by atomic mass is 10.1. The minimum Gasteiger partial charge on any atom is -0.508 e. The first kappa shape index (κ1) is 14.6. The van der Waals surface area contributed by atoms with E-state index in [0.29, 0.717) is 19.4 Å². The molecule has 2 rings (SSSR count). The topological polar surface area (TPSA) is 95.5 Å². The molecule has 0 radical (unpaired) electrons. The Labute approximate surface area is 118 Å². The largest absolute Gasteiger partial charge is 0.508 e. The second kappa shape index (κ2) is 6.13. The van der Waals surface area contributed by atoms with Crippen LogP contribution >= 0.6 is 0 Å². The number of amides is 2. The molecule has 20 heavy (non-hydrogen) atoms. The lowest BCUT2D eigenvalue weighted by molar-refractivity contribution is 0.238. The summed E-state index contributed by atoms with van der Waals surface area (Å²) in [4.78, 5) is 11.6. The molecule has 0 aromatic heterocycles. The van der Waals surface area contributed by atoms with Gasteiger partial charge in [-0.15, -0.1) is 0 Å². The van der Waals surface area contributed by atoms with Gasteiger partial charge in [-0.1, -0.05) is 12.1 Å². The number of nitrogens with one attached hydrogen (secondary N) is 2. The van der Waals surface area contributed by atoms with Crippen molar-refractivity contribution in [2.24, 2.45) is 0 Å². The van der Waals surface area contributed by atoms with E-state index in [9.17, 15) is 18.3 Å². The summed E-state index contributed by atoms with van der Waals surface area (Å²) in [5, 5.41) is 14.6. The van der Waals surface area contributed by atoms with Crippen LogP contribution in [0.15, 0.2) is 24.3 Å². The molecule has 7 heteroatoms. The summed E-state index contributed by atoms with van der Waals surface area (Å²) in [6.45, 7) is 0.425. The van der Waals surface area contributed by atoms with Crippen molar-refractivity contribution in [3.63, 3.8) is 0 Å². The fourth-order valence-electron chi connectivity index (χ4n) is 2.18. The minimum absolute atomic E-state index is 0.0208. The van der Waals surface area contributed by atoms with Gasteiger partial charge in [0.15, 0.2) is 9.84 Å². The molecule has 1 aromatic carbocycles. The van der Waals surface area contributed by atoms with E-state index >= 15 is 0 Å². The van der Waals surface area contributed by atoms with Crippen molar-refractivity contribution in [1.29, 1.82) is 0 Å². The molecule has 1 aliphatic heterocycles. The molecule has 3 N–H and O–H groups in total. The molecule has 1 fully saturated rings. The second-order valence-corrected chi connectivity index (χ2v) is 7.15. The first-order valence-corrected chi connectivity index (χ1v) is 8.29. The van der Waals surface area contributed by atoms with Crippen molar-refractivity contribution in [2.45, 2.75) is 18.9 Å². The van der Waals surface area contributed by atoms with Crippen molar-refractivity contribution >= 4 is 15.9 Å². The van der Waals surface area contributed by atoms with Crippen molar-refractivity contribution in [3.05, 3.63) is 29.8 Å². The summed E-state index contributed by atoms with van der Waals surface area (Å²) in [6, 6.07) is 6.19. The molecule has 1 unspecified atom stereocenters. The summed E-state index contributed by atoms with van der Waals surface area (Å²) in [7, 11) is -2.98. The maximum Gasteiger partial charge on any atom is 0.315 e. The number of phenolic OH excluding ortho intramolecular Hbond substituents is 1. The van der Waals surface area contributed by atoms with Crippen LogP contribution in [0.3, 0.4) is 0 Å². The molecule has 6 nitrogen and oxygen atoms in total. The maximum atomic E-state index is 11.6. The number of carbonyl (C=O) groups excluding carboxylic acids is 1. The van der Waals surface area contributed by atoms with E-state index in [-0.39, 0.29) is 29.3 Å². The van der Waals surface area contributed by atoms with Gasteiger partial charge < -0.3 is 15.7 Å². The van der Waals surface area contributed by atoms with E-state index in [1.165, 1.54) is 0 Å². The zero-order valence-electron chi connectivity index (χ0n) is 11.0. The number of sulfone groups is 1. The number of hydrogen-bond donors (Lipinski definition) is 3. The average molecular weight is 298 g/mol. The summed E-state index contributed by atoms with van der Waals surface area (Å²) in [5.74, 6) is 0.358. The molecular formula is C13H18N2O4S. The van der Waals surface area contributed by atoms with Gasteiger partial charge in [0.1, 0.15) is 5.75 Å². The monoisotopic (exact) mass is 298 g/mol. The molecule has 0 saturated carbocycles. The van der Waals surface area contributed by atoms with Gasteiger partial charge in [0, 0.05) is 12.6 Å². The van der Waals surface area contributed by atoms with Gasteiger partial charge in [0.2, 0.25) is 0 Å². The van der Waals surface area contributed by atoms with E-state index in [2.05, 4.69) is 10.6 Å². The van der Waals surface area contributed by atoms with Crippen molar-refractivity contribution in [3.8, 4) is 5.75 Å². The molecule has 1 saturated heterocycles. The molecule has 1 aliphatic rings. The van der Waals surface area contributed by atoms with E-state index in [1.54, 1.807) is 18.2 Å². The van der Waals surface area contributed by atoms with Crippen LogP contribution in [-0.2, 0) is 16.3 Å². The van der Waals surface area contributed by atoms with Crippen molar-refractivity contribution in [1.82, 2.24) is 10.6 Å². The Bertz CT molecular complexity index is 586. The van der Waals surface area contributed by atoms with Crippen LogP contribution in [0, 0.1) is 0 Å². The third kappa shape index (κ3) is 4.41. The van der Waals surface area contributed by atoms with E-state index < -0.39 is 9.84 Å². The fraction of sp³-hybridized carbons (Fsp3) is 0.462. The zero-order chi connectivity index (χ0) is 14.6. The van der Waals surface area contributed by atoms with Crippen LogP contribution in [-0.4, -0.2) is 43.6 Å². The molecule has 1 aromatic rings. The molecule has 1 atom stereocenters. The van der Waals surface area contributed by atoms with E-state index in [0.717, 1.165) is 5.56 Å². The molecule has 2 amide bonds. The van der Waals surface area contributed by atoms with Crippen LogP contribution in [0.4, 0.5) is 4.79 Å². The predicted molar refractivity (Wildman–Crippen MR) is 75.4 cm³/mol. The number of aromatic hydroxyl groups is 1. The molecule has 0 bridgehead atoms. The minimum atomic E-state index is -2.98.